The van der Waals surface area contributed by atoms with Gasteiger partial charge in [-0.05, 0) is 31.2 Å². The number of anilines is 1. The van der Waals surface area contributed by atoms with Crippen LogP contribution in [0, 0.1) is 5.82 Å². The molecule has 1 aliphatic heterocycles. The minimum atomic E-state index is -1.09. The molecule has 1 fully saturated rings. The molecule has 0 aliphatic carbocycles. The van der Waals surface area contributed by atoms with Crippen molar-refractivity contribution in [2.45, 2.75) is 13.0 Å². The number of hydrogen-bond donors (Lipinski definition) is 2. The van der Waals surface area contributed by atoms with E-state index >= 15 is 0 Å². The van der Waals surface area contributed by atoms with Crippen LogP contribution in [0.5, 0.6) is 5.75 Å². The molecule has 0 saturated carbocycles. The lowest BCUT2D eigenvalue weighted by Crippen LogP contribution is -2.36. The summed E-state index contributed by atoms with van der Waals surface area (Å²) in [5.74, 6) is -0.0575. The Morgan fingerprint density at radius 1 is 1.30 bits per heavy atom. The van der Waals surface area contributed by atoms with Crippen molar-refractivity contribution >= 4 is 40.5 Å². The molecule has 196 valence electrons. The van der Waals surface area contributed by atoms with E-state index in [1.807, 2.05) is 0 Å². The fourth-order valence-corrected chi connectivity index (χ4v) is 3.99. The molecule has 2 amide bonds. The highest BCUT2D eigenvalue weighted by molar-refractivity contribution is 6.30. The van der Waals surface area contributed by atoms with Gasteiger partial charge in [0.1, 0.15) is 23.5 Å². The van der Waals surface area contributed by atoms with Crippen molar-refractivity contribution in [3.63, 3.8) is 0 Å². The molecule has 1 atom stereocenters. The van der Waals surface area contributed by atoms with E-state index in [4.69, 9.17) is 31.2 Å². The zero-order valence-corrected chi connectivity index (χ0v) is 21.2. The number of morpholine rings is 1. The quantitative estimate of drug-likeness (QED) is 0.451. The van der Waals surface area contributed by atoms with Gasteiger partial charge in [0.15, 0.2) is 0 Å². The number of carboxylic acid groups (broad SMARTS) is 1. The van der Waals surface area contributed by atoms with Crippen LogP contribution in [-0.4, -0.2) is 78.4 Å². The molecule has 2 N–H and O–H groups in total. The third kappa shape index (κ3) is 6.36. The van der Waals surface area contributed by atoms with Crippen molar-refractivity contribution < 1.29 is 28.6 Å². The van der Waals surface area contributed by atoms with Gasteiger partial charge in [-0.25, -0.2) is 14.2 Å². The summed E-state index contributed by atoms with van der Waals surface area (Å²) in [5, 5.41) is 11.7. The number of likely N-dealkylation sites (N-methyl/N-ethyl adjacent to an activating group) is 1. The highest BCUT2D eigenvalue weighted by Gasteiger charge is 2.21. The van der Waals surface area contributed by atoms with Crippen LogP contribution in [0.3, 0.4) is 0 Å². The second-order valence-corrected chi connectivity index (χ2v) is 8.96. The van der Waals surface area contributed by atoms with Crippen molar-refractivity contribution in [3.05, 3.63) is 58.5 Å². The van der Waals surface area contributed by atoms with Crippen molar-refractivity contribution in [1.29, 1.82) is 0 Å². The zero-order chi connectivity index (χ0) is 26.5. The summed E-state index contributed by atoms with van der Waals surface area (Å²) < 4.78 is 25.4. The SMILES string of the molecule is CC(Oc1ccc(Cl)c(F)c1)c1cc(C(=O)NCCN(C)C(=O)O)cc2ncc(N3CCOCC3)nc12. The van der Waals surface area contributed by atoms with Gasteiger partial charge in [0.25, 0.3) is 5.91 Å². The van der Waals surface area contributed by atoms with Crippen LogP contribution in [0.1, 0.15) is 28.9 Å². The molecular weight excluding hydrogens is 505 g/mol. The van der Waals surface area contributed by atoms with E-state index in [-0.39, 0.29) is 23.9 Å². The average Bonchev–Trinajstić information content (AvgIpc) is 2.90. The second-order valence-electron chi connectivity index (χ2n) is 8.56. The van der Waals surface area contributed by atoms with Gasteiger partial charge in [0, 0.05) is 50.4 Å². The predicted octanol–water partition coefficient (Wildman–Crippen LogP) is 3.74. The largest absolute Gasteiger partial charge is 0.486 e. The van der Waals surface area contributed by atoms with Crippen LogP contribution >= 0.6 is 11.6 Å². The summed E-state index contributed by atoms with van der Waals surface area (Å²) in [6.45, 7) is 4.56. The number of benzene rings is 2. The Hall–Kier alpha value is -3.70. The van der Waals surface area contributed by atoms with Crippen LogP contribution in [0.15, 0.2) is 36.5 Å². The summed E-state index contributed by atoms with van der Waals surface area (Å²) in [5.41, 5.74) is 1.93. The Morgan fingerprint density at radius 2 is 2.05 bits per heavy atom. The topological polar surface area (TPSA) is 117 Å². The van der Waals surface area contributed by atoms with Gasteiger partial charge in [0.2, 0.25) is 0 Å². The van der Waals surface area contributed by atoms with Gasteiger partial charge in [-0.15, -0.1) is 0 Å². The Bertz CT molecular complexity index is 1300. The maximum absolute atomic E-state index is 14.0. The van der Waals surface area contributed by atoms with E-state index in [0.29, 0.717) is 54.3 Å². The monoisotopic (exact) mass is 531 g/mol. The van der Waals surface area contributed by atoms with E-state index < -0.39 is 23.9 Å². The van der Waals surface area contributed by atoms with Gasteiger partial charge in [-0.1, -0.05) is 11.6 Å². The third-order valence-electron chi connectivity index (χ3n) is 5.96. The molecule has 4 rings (SSSR count). The predicted molar refractivity (Wildman–Crippen MR) is 136 cm³/mol. The Balaban J connectivity index is 1.66. The van der Waals surface area contributed by atoms with Gasteiger partial charge < -0.3 is 29.7 Å². The van der Waals surface area contributed by atoms with Crippen LogP contribution < -0.4 is 15.0 Å². The number of carbonyl (C=O) groups excluding carboxylic acids is 1. The van der Waals surface area contributed by atoms with Crippen LogP contribution in [0.2, 0.25) is 5.02 Å². The number of nitrogens with zero attached hydrogens (tertiary/aromatic N) is 4. The Kier molecular flexibility index (Phi) is 8.24. The summed E-state index contributed by atoms with van der Waals surface area (Å²) in [7, 11) is 1.42. The molecule has 0 radical (unpaired) electrons. The number of hydrogen-bond acceptors (Lipinski definition) is 7. The second kappa shape index (κ2) is 11.6. The van der Waals surface area contributed by atoms with Crippen LogP contribution in [0.25, 0.3) is 11.0 Å². The van der Waals surface area contributed by atoms with E-state index in [9.17, 15) is 14.0 Å². The molecule has 1 aliphatic rings. The maximum Gasteiger partial charge on any atom is 0.407 e. The lowest BCUT2D eigenvalue weighted by molar-refractivity contribution is 0.0946. The number of rotatable bonds is 8. The fraction of sp³-hybridized carbons (Fsp3) is 0.360. The van der Waals surface area contributed by atoms with E-state index in [1.54, 1.807) is 31.3 Å². The van der Waals surface area contributed by atoms with Crippen molar-refractivity contribution in [1.82, 2.24) is 20.2 Å². The number of amides is 2. The summed E-state index contributed by atoms with van der Waals surface area (Å²) in [4.78, 5) is 36.4. The first kappa shape index (κ1) is 26.4. The number of fused-ring (bicyclic) bond motifs is 1. The first-order chi connectivity index (χ1) is 17.7. The van der Waals surface area contributed by atoms with Crippen molar-refractivity contribution in [2.24, 2.45) is 0 Å². The molecule has 2 heterocycles. The lowest BCUT2D eigenvalue weighted by atomic mass is 10.0. The van der Waals surface area contributed by atoms with Crippen LogP contribution in [-0.2, 0) is 4.74 Å². The van der Waals surface area contributed by atoms with Crippen molar-refractivity contribution in [3.8, 4) is 5.75 Å². The highest BCUT2D eigenvalue weighted by Crippen LogP contribution is 2.30. The molecule has 1 saturated heterocycles. The zero-order valence-electron chi connectivity index (χ0n) is 20.4. The van der Waals surface area contributed by atoms with Gasteiger partial charge >= 0.3 is 6.09 Å². The highest BCUT2D eigenvalue weighted by atomic mass is 35.5. The summed E-state index contributed by atoms with van der Waals surface area (Å²) >= 11 is 5.80. The first-order valence-corrected chi connectivity index (χ1v) is 12.1. The summed E-state index contributed by atoms with van der Waals surface area (Å²) in [6, 6.07) is 7.45. The standard InChI is InChI=1S/C25H27ClFN5O5/c1-15(37-17-3-4-19(26)20(27)13-17)18-11-16(24(33)28-5-6-31(2)25(34)35)12-21-23(18)30-22(14-29-21)32-7-9-36-10-8-32/h3-4,11-15H,5-10H2,1-2H3,(H,28,33)(H,34,35). The molecule has 37 heavy (non-hydrogen) atoms. The fourth-order valence-electron chi connectivity index (χ4n) is 3.87. The van der Waals surface area contributed by atoms with E-state index in [1.165, 1.54) is 19.2 Å². The molecule has 0 bridgehead atoms. The summed E-state index contributed by atoms with van der Waals surface area (Å²) in [6.07, 6.45) is -0.0532. The molecule has 3 aromatic rings. The Morgan fingerprint density at radius 3 is 2.76 bits per heavy atom. The lowest BCUT2D eigenvalue weighted by Gasteiger charge is -2.28. The number of ether oxygens (including phenoxy) is 2. The molecule has 0 spiro atoms. The van der Waals surface area contributed by atoms with Gasteiger partial charge in [-0.3, -0.25) is 9.78 Å². The number of aromatic nitrogens is 2. The van der Waals surface area contributed by atoms with E-state index in [2.05, 4.69) is 15.2 Å². The molecular formula is C25H27ClFN5O5. The van der Waals surface area contributed by atoms with Crippen molar-refractivity contribution in [2.75, 3.05) is 51.3 Å². The normalized spacial score (nSPS) is 14.3. The number of carbonyl (C=O) groups is 2. The molecule has 1 unspecified atom stereocenters. The minimum absolute atomic E-state index is 0.0151. The third-order valence-corrected chi connectivity index (χ3v) is 6.27. The number of nitrogens with one attached hydrogen (secondary N) is 1. The smallest absolute Gasteiger partial charge is 0.407 e. The molecule has 2 aromatic carbocycles. The molecule has 1 aromatic heterocycles. The first-order valence-electron chi connectivity index (χ1n) is 11.7. The number of halogens is 2. The van der Waals surface area contributed by atoms with E-state index in [0.717, 1.165) is 4.90 Å². The average molecular weight is 532 g/mol. The minimum Gasteiger partial charge on any atom is -0.486 e. The maximum atomic E-state index is 14.0. The van der Waals surface area contributed by atoms with Gasteiger partial charge in [-0.2, -0.15) is 0 Å². The molecule has 12 heteroatoms. The Labute approximate surface area is 218 Å². The molecule has 10 nitrogen and oxygen atoms in total. The van der Waals surface area contributed by atoms with Crippen LogP contribution in [0.4, 0.5) is 15.0 Å². The van der Waals surface area contributed by atoms with Gasteiger partial charge in [0.05, 0.1) is 35.5 Å².